The van der Waals surface area contributed by atoms with Crippen molar-refractivity contribution in [3.8, 4) is 5.75 Å². The number of halogens is 1. The molecule has 168 valence electrons. The van der Waals surface area contributed by atoms with Crippen molar-refractivity contribution in [2.24, 2.45) is 0 Å². The van der Waals surface area contributed by atoms with E-state index in [1.807, 2.05) is 66.7 Å². The Morgan fingerprint density at radius 2 is 1.70 bits per heavy atom. The number of nitrogens with zero attached hydrogens (tertiary/aromatic N) is 1. The van der Waals surface area contributed by atoms with Gasteiger partial charge in [-0.1, -0.05) is 91.4 Å². The molecule has 0 spiro atoms. The summed E-state index contributed by atoms with van der Waals surface area (Å²) in [7, 11) is 0. The van der Waals surface area contributed by atoms with E-state index in [0.29, 0.717) is 26.6 Å². The van der Waals surface area contributed by atoms with Crippen LogP contribution in [0, 0.1) is 0 Å². The smallest absolute Gasteiger partial charge is 0.270 e. The fraction of sp³-hybridized carbons (Fsp3) is 0.185. The lowest BCUT2D eigenvalue weighted by atomic mass is 10.1. The average Bonchev–Trinajstić information content (AvgIpc) is 3.11. The van der Waals surface area contributed by atoms with Crippen LogP contribution in [-0.2, 0) is 17.8 Å². The van der Waals surface area contributed by atoms with Gasteiger partial charge in [-0.25, -0.2) is 0 Å². The first-order chi connectivity index (χ1) is 16.0. The number of para-hydroxylation sites is 1. The molecule has 1 heterocycles. The molecule has 3 aromatic carbocycles. The minimum atomic E-state index is -0.112. The number of amides is 1. The molecule has 0 N–H and O–H groups in total. The number of anilines is 1. The highest BCUT2D eigenvalue weighted by molar-refractivity contribution is 8.27. The topological polar surface area (TPSA) is 29.5 Å². The first-order valence-electron chi connectivity index (χ1n) is 10.9. The van der Waals surface area contributed by atoms with Crippen LogP contribution in [0.25, 0.3) is 6.08 Å². The first-order valence-corrected chi connectivity index (χ1v) is 12.5. The molecule has 1 fully saturated rings. The Morgan fingerprint density at radius 3 is 2.42 bits per heavy atom. The van der Waals surface area contributed by atoms with E-state index in [9.17, 15) is 4.79 Å². The molecule has 0 aromatic heterocycles. The van der Waals surface area contributed by atoms with Crippen LogP contribution in [0.15, 0.2) is 77.7 Å². The van der Waals surface area contributed by atoms with Crippen molar-refractivity contribution < 1.29 is 9.53 Å². The highest BCUT2D eigenvalue weighted by atomic mass is 35.5. The van der Waals surface area contributed by atoms with Gasteiger partial charge in [-0.15, -0.1) is 0 Å². The third-order valence-electron chi connectivity index (χ3n) is 5.32. The van der Waals surface area contributed by atoms with Crippen LogP contribution in [0.2, 0.25) is 5.02 Å². The molecular weight excluding hydrogens is 470 g/mol. The fourth-order valence-corrected chi connectivity index (χ4v) is 4.91. The number of unbranched alkanes of at least 4 members (excludes halogenated alkanes) is 1. The molecule has 1 saturated heterocycles. The zero-order chi connectivity index (χ0) is 23.2. The summed E-state index contributed by atoms with van der Waals surface area (Å²) in [6.45, 7) is 2.59. The van der Waals surface area contributed by atoms with Gasteiger partial charge in [0.2, 0.25) is 0 Å². The zero-order valence-electron chi connectivity index (χ0n) is 18.3. The Morgan fingerprint density at radius 1 is 1.00 bits per heavy atom. The van der Waals surface area contributed by atoms with E-state index in [0.717, 1.165) is 36.1 Å². The number of ether oxygens (including phenoxy) is 1. The lowest BCUT2D eigenvalue weighted by molar-refractivity contribution is -0.113. The van der Waals surface area contributed by atoms with Crippen molar-refractivity contribution in [1.29, 1.82) is 0 Å². The summed E-state index contributed by atoms with van der Waals surface area (Å²) in [5, 5.41) is 0.691. The lowest BCUT2D eigenvalue weighted by Crippen LogP contribution is -2.27. The quantitative estimate of drug-likeness (QED) is 0.238. The maximum Gasteiger partial charge on any atom is 0.270 e. The molecule has 1 aliphatic rings. The Kier molecular flexibility index (Phi) is 7.86. The zero-order valence-corrected chi connectivity index (χ0v) is 20.7. The summed E-state index contributed by atoms with van der Waals surface area (Å²) in [6, 6.07) is 23.3. The molecule has 1 amide bonds. The van der Waals surface area contributed by atoms with Gasteiger partial charge in [0.1, 0.15) is 12.4 Å². The molecule has 0 unspecified atom stereocenters. The fourth-order valence-electron chi connectivity index (χ4n) is 3.50. The van der Waals surface area contributed by atoms with Gasteiger partial charge in [-0.05, 0) is 60.4 Å². The molecule has 0 radical (unpaired) electrons. The Labute approximate surface area is 209 Å². The van der Waals surface area contributed by atoms with Crippen molar-refractivity contribution in [3.63, 3.8) is 0 Å². The van der Waals surface area contributed by atoms with Gasteiger partial charge in [0.15, 0.2) is 4.32 Å². The van der Waals surface area contributed by atoms with Crippen molar-refractivity contribution >= 4 is 57.6 Å². The molecule has 3 aromatic rings. The van der Waals surface area contributed by atoms with Crippen LogP contribution in [0.3, 0.4) is 0 Å². The molecule has 33 heavy (non-hydrogen) atoms. The summed E-state index contributed by atoms with van der Waals surface area (Å²) in [5.74, 6) is 0.594. The van der Waals surface area contributed by atoms with Crippen molar-refractivity contribution in [3.05, 3.63) is 99.4 Å². The second-order valence-electron chi connectivity index (χ2n) is 7.74. The molecule has 0 atom stereocenters. The Hall–Kier alpha value is -2.60. The van der Waals surface area contributed by atoms with Crippen LogP contribution in [0.5, 0.6) is 5.75 Å². The van der Waals surface area contributed by atoms with Crippen molar-refractivity contribution in [2.75, 3.05) is 4.90 Å². The van der Waals surface area contributed by atoms with Crippen LogP contribution in [0.1, 0.15) is 36.5 Å². The van der Waals surface area contributed by atoms with E-state index >= 15 is 0 Å². The van der Waals surface area contributed by atoms with Crippen LogP contribution < -0.4 is 9.64 Å². The number of thioether (sulfide) groups is 1. The molecule has 6 heteroatoms. The Bertz CT molecular complexity index is 1170. The number of aryl methyl sites for hydroxylation is 1. The van der Waals surface area contributed by atoms with Crippen molar-refractivity contribution in [1.82, 2.24) is 0 Å². The van der Waals surface area contributed by atoms with Gasteiger partial charge in [0.25, 0.3) is 5.91 Å². The van der Waals surface area contributed by atoms with E-state index in [1.165, 1.54) is 17.3 Å². The van der Waals surface area contributed by atoms with Crippen LogP contribution in [-0.4, -0.2) is 10.2 Å². The average molecular weight is 494 g/mol. The largest absolute Gasteiger partial charge is 0.488 e. The minimum Gasteiger partial charge on any atom is -0.488 e. The minimum absolute atomic E-state index is 0.112. The van der Waals surface area contributed by atoms with Crippen LogP contribution in [0.4, 0.5) is 5.69 Å². The van der Waals surface area contributed by atoms with Gasteiger partial charge >= 0.3 is 0 Å². The van der Waals surface area contributed by atoms with E-state index < -0.39 is 0 Å². The number of carbonyl (C=O) groups is 1. The standard InChI is InChI=1S/C27H24ClNO2S2/c1-2-3-6-19-11-15-23(16-12-19)29-26(30)25(33-27(29)32)17-21-7-4-5-8-24(21)31-18-20-9-13-22(28)14-10-20/h4-5,7-17H,2-3,6,18H2,1H3. The van der Waals surface area contributed by atoms with Crippen molar-refractivity contribution in [2.45, 2.75) is 32.8 Å². The summed E-state index contributed by atoms with van der Waals surface area (Å²) in [4.78, 5) is 15.4. The van der Waals surface area contributed by atoms with Gasteiger partial charge < -0.3 is 4.74 Å². The monoisotopic (exact) mass is 493 g/mol. The SMILES string of the molecule is CCCCc1ccc(N2C(=O)C(=Cc3ccccc3OCc3ccc(Cl)cc3)SC2=S)cc1. The second-order valence-corrected chi connectivity index (χ2v) is 9.85. The summed E-state index contributed by atoms with van der Waals surface area (Å²) in [5.41, 5.74) is 3.92. The molecule has 1 aliphatic heterocycles. The second kappa shape index (κ2) is 11.0. The highest BCUT2D eigenvalue weighted by Crippen LogP contribution is 2.37. The van der Waals surface area contributed by atoms with E-state index in [4.69, 9.17) is 28.6 Å². The number of rotatable bonds is 8. The summed E-state index contributed by atoms with van der Waals surface area (Å²) >= 11 is 12.8. The number of carbonyl (C=O) groups excluding carboxylic acids is 1. The molecule has 0 bridgehead atoms. The van der Waals surface area contributed by atoms with E-state index in [1.54, 1.807) is 4.90 Å². The van der Waals surface area contributed by atoms with E-state index in [-0.39, 0.29) is 5.91 Å². The maximum absolute atomic E-state index is 13.2. The summed E-state index contributed by atoms with van der Waals surface area (Å²) in [6.07, 6.45) is 5.21. The Balaban J connectivity index is 1.51. The number of thiocarbonyl (C=S) groups is 1. The summed E-state index contributed by atoms with van der Waals surface area (Å²) < 4.78 is 6.57. The third kappa shape index (κ3) is 5.85. The molecule has 0 aliphatic carbocycles. The normalized spacial score (nSPS) is 14.8. The van der Waals surface area contributed by atoms with Gasteiger partial charge in [-0.3, -0.25) is 9.69 Å². The molecule has 3 nitrogen and oxygen atoms in total. The van der Waals surface area contributed by atoms with Crippen LogP contribution >= 0.6 is 35.6 Å². The molecule has 0 saturated carbocycles. The lowest BCUT2D eigenvalue weighted by Gasteiger charge is -2.15. The molecule has 4 rings (SSSR count). The van der Waals surface area contributed by atoms with Gasteiger partial charge in [0, 0.05) is 10.6 Å². The maximum atomic E-state index is 13.2. The van der Waals surface area contributed by atoms with E-state index in [2.05, 4.69) is 19.1 Å². The third-order valence-corrected chi connectivity index (χ3v) is 6.87. The number of benzene rings is 3. The first kappa shape index (κ1) is 23.6. The molecular formula is C27H24ClNO2S2. The van der Waals surface area contributed by atoms with Gasteiger partial charge in [0.05, 0.1) is 10.6 Å². The highest BCUT2D eigenvalue weighted by Gasteiger charge is 2.33. The van der Waals surface area contributed by atoms with Gasteiger partial charge in [-0.2, -0.15) is 0 Å². The predicted octanol–water partition coefficient (Wildman–Crippen LogP) is 7.67. The number of hydrogen-bond acceptors (Lipinski definition) is 4. The number of hydrogen-bond donors (Lipinski definition) is 0. The predicted molar refractivity (Wildman–Crippen MR) is 143 cm³/mol.